The topological polar surface area (TPSA) is 30.7 Å². The van der Waals surface area contributed by atoms with Gasteiger partial charge in [-0.15, -0.1) is 21.8 Å². The molecule has 2 atom stereocenters. The van der Waals surface area contributed by atoms with Crippen molar-refractivity contribution in [2.24, 2.45) is 5.92 Å². The van der Waals surface area contributed by atoms with Crippen LogP contribution < -0.4 is 0 Å². The van der Waals surface area contributed by atoms with Gasteiger partial charge in [-0.2, -0.15) is 13.2 Å². The van der Waals surface area contributed by atoms with E-state index in [9.17, 15) is 13.2 Å². The molecule has 3 nitrogen and oxygen atoms in total. The van der Waals surface area contributed by atoms with Crippen LogP contribution in [0.3, 0.4) is 0 Å². The van der Waals surface area contributed by atoms with E-state index in [1.807, 2.05) is 11.5 Å². The molecule has 1 heterocycles. The fourth-order valence-electron chi connectivity index (χ4n) is 2.82. The maximum atomic E-state index is 12.8. The lowest BCUT2D eigenvalue weighted by atomic mass is 9.80. The second-order valence-electron chi connectivity index (χ2n) is 4.95. The SMILES string of the molecule is CCn1c(CCl)nnc1C1CCCC(C(F)(F)F)C1. The van der Waals surface area contributed by atoms with Crippen molar-refractivity contribution in [2.75, 3.05) is 0 Å². The van der Waals surface area contributed by atoms with Gasteiger partial charge >= 0.3 is 6.18 Å². The summed E-state index contributed by atoms with van der Waals surface area (Å²) in [6, 6.07) is 0. The molecule has 1 aromatic rings. The average Bonchev–Trinajstić information content (AvgIpc) is 2.80. The van der Waals surface area contributed by atoms with Crippen LogP contribution in [0.15, 0.2) is 0 Å². The molecule has 0 spiro atoms. The van der Waals surface area contributed by atoms with Crippen LogP contribution in [0.4, 0.5) is 13.2 Å². The highest BCUT2D eigenvalue weighted by molar-refractivity contribution is 6.16. The van der Waals surface area contributed by atoms with Gasteiger partial charge in [0.05, 0.1) is 11.8 Å². The van der Waals surface area contributed by atoms with E-state index < -0.39 is 12.1 Å². The predicted octanol–water partition coefficient (Wildman–Crippen LogP) is 3.87. The van der Waals surface area contributed by atoms with Gasteiger partial charge in [0.1, 0.15) is 11.6 Å². The average molecular weight is 296 g/mol. The lowest BCUT2D eigenvalue weighted by Gasteiger charge is -2.30. The molecular formula is C12H17ClF3N3. The molecule has 0 aliphatic heterocycles. The van der Waals surface area contributed by atoms with Crippen LogP contribution in [0.25, 0.3) is 0 Å². The van der Waals surface area contributed by atoms with Crippen LogP contribution in [0.1, 0.15) is 50.2 Å². The zero-order valence-corrected chi connectivity index (χ0v) is 11.5. The molecule has 0 amide bonds. The Kier molecular flexibility index (Phi) is 4.38. The van der Waals surface area contributed by atoms with E-state index in [2.05, 4.69) is 10.2 Å². The monoisotopic (exact) mass is 295 g/mol. The Morgan fingerprint density at radius 3 is 2.63 bits per heavy atom. The van der Waals surface area contributed by atoms with Gasteiger partial charge in [-0.1, -0.05) is 6.42 Å². The zero-order valence-electron chi connectivity index (χ0n) is 10.8. The first-order valence-electron chi connectivity index (χ1n) is 6.52. The van der Waals surface area contributed by atoms with E-state index >= 15 is 0 Å². The summed E-state index contributed by atoms with van der Waals surface area (Å²) in [7, 11) is 0. The van der Waals surface area contributed by atoms with Gasteiger partial charge in [-0.25, -0.2) is 0 Å². The summed E-state index contributed by atoms with van der Waals surface area (Å²) in [5.74, 6) is 0.147. The molecule has 1 aliphatic rings. The molecule has 108 valence electrons. The second kappa shape index (κ2) is 5.69. The quantitative estimate of drug-likeness (QED) is 0.793. The van der Waals surface area contributed by atoms with Crippen molar-refractivity contribution in [3.8, 4) is 0 Å². The third-order valence-electron chi connectivity index (χ3n) is 3.79. The standard InChI is InChI=1S/C12H17ClF3N3/c1-2-19-10(7-13)17-18-11(19)8-4-3-5-9(6-8)12(14,15)16/h8-9H,2-7H2,1H3. The molecule has 0 aromatic carbocycles. The summed E-state index contributed by atoms with van der Waals surface area (Å²) < 4.78 is 40.3. The van der Waals surface area contributed by atoms with Crippen molar-refractivity contribution in [3.63, 3.8) is 0 Å². The molecule has 1 saturated carbocycles. The van der Waals surface area contributed by atoms with Gasteiger partial charge in [-0.3, -0.25) is 0 Å². The zero-order chi connectivity index (χ0) is 14.0. The first kappa shape index (κ1) is 14.6. The minimum atomic E-state index is -4.11. The summed E-state index contributed by atoms with van der Waals surface area (Å²) in [4.78, 5) is 0. The highest BCUT2D eigenvalue weighted by Crippen LogP contribution is 2.43. The van der Waals surface area contributed by atoms with Crippen molar-refractivity contribution in [1.82, 2.24) is 14.8 Å². The van der Waals surface area contributed by atoms with Gasteiger partial charge < -0.3 is 4.57 Å². The van der Waals surface area contributed by atoms with Crippen LogP contribution in [0.2, 0.25) is 0 Å². The smallest absolute Gasteiger partial charge is 0.314 e. The highest BCUT2D eigenvalue weighted by atomic mass is 35.5. The van der Waals surface area contributed by atoms with E-state index in [4.69, 9.17) is 11.6 Å². The molecule has 0 saturated heterocycles. The molecule has 2 unspecified atom stereocenters. The first-order chi connectivity index (χ1) is 8.97. The van der Waals surface area contributed by atoms with Crippen LogP contribution in [-0.2, 0) is 12.4 Å². The van der Waals surface area contributed by atoms with Gasteiger partial charge in [0.25, 0.3) is 0 Å². The van der Waals surface area contributed by atoms with E-state index in [-0.39, 0.29) is 24.6 Å². The summed E-state index contributed by atoms with van der Waals surface area (Å²) >= 11 is 5.76. The summed E-state index contributed by atoms with van der Waals surface area (Å²) in [5.41, 5.74) is 0. The lowest BCUT2D eigenvalue weighted by molar-refractivity contribution is -0.183. The third kappa shape index (κ3) is 3.04. The van der Waals surface area contributed by atoms with Gasteiger partial charge in [0.15, 0.2) is 0 Å². The van der Waals surface area contributed by atoms with E-state index in [1.54, 1.807) is 0 Å². The number of nitrogens with zero attached hydrogens (tertiary/aromatic N) is 3. The molecule has 2 rings (SSSR count). The summed E-state index contributed by atoms with van der Waals surface area (Å²) in [5, 5.41) is 8.03. The van der Waals surface area contributed by atoms with Gasteiger partial charge in [-0.05, 0) is 26.2 Å². The predicted molar refractivity (Wildman–Crippen MR) is 66.0 cm³/mol. The van der Waals surface area contributed by atoms with Crippen molar-refractivity contribution in [2.45, 2.75) is 57.1 Å². The van der Waals surface area contributed by atoms with Crippen molar-refractivity contribution >= 4 is 11.6 Å². The fraction of sp³-hybridized carbons (Fsp3) is 0.833. The highest BCUT2D eigenvalue weighted by Gasteiger charge is 2.43. The minimum absolute atomic E-state index is 0.115. The largest absolute Gasteiger partial charge is 0.391 e. The fourth-order valence-corrected chi connectivity index (χ4v) is 3.01. The number of halogens is 4. The molecule has 7 heteroatoms. The minimum Gasteiger partial charge on any atom is -0.314 e. The molecule has 1 aliphatic carbocycles. The molecule has 0 N–H and O–H groups in total. The Balaban J connectivity index is 2.20. The van der Waals surface area contributed by atoms with Crippen LogP contribution in [-0.4, -0.2) is 20.9 Å². The van der Waals surface area contributed by atoms with E-state index in [0.717, 1.165) is 6.42 Å². The number of rotatable bonds is 3. The maximum absolute atomic E-state index is 12.8. The normalized spacial score (nSPS) is 24.7. The number of aromatic nitrogens is 3. The van der Waals surface area contributed by atoms with Crippen LogP contribution in [0, 0.1) is 5.92 Å². The number of alkyl halides is 4. The Labute approximate surface area is 115 Å². The molecule has 1 aromatic heterocycles. The Bertz CT molecular complexity index is 430. The Morgan fingerprint density at radius 1 is 1.32 bits per heavy atom. The molecule has 1 fully saturated rings. The van der Waals surface area contributed by atoms with Gasteiger partial charge in [0, 0.05) is 12.5 Å². The summed E-state index contributed by atoms with van der Waals surface area (Å²) in [6.07, 6.45) is -2.44. The van der Waals surface area contributed by atoms with E-state index in [1.165, 1.54) is 0 Å². The number of hydrogen-bond acceptors (Lipinski definition) is 2. The first-order valence-corrected chi connectivity index (χ1v) is 7.05. The molecule has 0 bridgehead atoms. The van der Waals surface area contributed by atoms with Gasteiger partial charge in [0.2, 0.25) is 0 Å². The van der Waals surface area contributed by atoms with Crippen molar-refractivity contribution in [3.05, 3.63) is 11.6 Å². The molecular weight excluding hydrogens is 279 g/mol. The lowest BCUT2D eigenvalue weighted by Crippen LogP contribution is -2.29. The number of hydrogen-bond donors (Lipinski definition) is 0. The summed E-state index contributed by atoms with van der Waals surface area (Å²) in [6.45, 7) is 2.56. The van der Waals surface area contributed by atoms with E-state index in [0.29, 0.717) is 24.6 Å². The third-order valence-corrected chi connectivity index (χ3v) is 4.03. The molecule has 0 radical (unpaired) electrons. The van der Waals surface area contributed by atoms with Crippen LogP contribution >= 0.6 is 11.6 Å². The van der Waals surface area contributed by atoms with Crippen LogP contribution in [0.5, 0.6) is 0 Å². The second-order valence-corrected chi connectivity index (χ2v) is 5.22. The Morgan fingerprint density at radius 2 is 2.05 bits per heavy atom. The Hall–Kier alpha value is -0.780. The molecule has 19 heavy (non-hydrogen) atoms. The van der Waals surface area contributed by atoms with Crippen molar-refractivity contribution in [1.29, 1.82) is 0 Å². The maximum Gasteiger partial charge on any atom is 0.391 e. The van der Waals surface area contributed by atoms with Crippen molar-refractivity contribution < 1.29 is 13.2 Å².